The van der Waals surface area contributed by atoms with Crippen LogP contribution in [-0.4, -0.2) is 74.0 Å². The summed E-state index contributed by atoms with van der Waals surface area (Å²) < 4.78 is 26.8. The van der Waals surface area contributed by atoms with E-state index in [9.17, 15) is 22.8 Å². The molecule has 0 saturated carbocycles. The van der Waals surface area contributed by atoms with Crippen molar-refractivity contribution in [1.82, 2.24) is 14.8 Å². The number of rotatable bonds is 8. The van der Waals surface area contributed by atoms with Gasteiger partial charge in [0.1, 0.15) is 0 Å². The highest BCUT2D eigenvalue weighted by Crippen LogP contribution is 2.37. The zero-order valence-corrected chi connectivity index (χ0v) is 26.4. The molecule has 0 bridgehead atoms. The molecule has 2 aromatic carbocycles. The molecule has 0 aliphatic carbocycles. The van der Waals surface area contributed by atoms with Crippen molar-refractivity contribution in [3.05, 3.63) is 80.1 Å². The van der Waals surface area contributed by atoms with Crippen LogP contribution in [0, 0.1) is 6.92 Å². The summed E-state index contributed by atoms with van der Waals surface area (Å²) in [5.41, 5.74) is 3.72. The molecule has 2 amide bonds. The quantitative estimate of drug-likeness (QED) is 0.263. The van der Waals surface area contributed by atoms with Crippen LogP contribution in [0.1, 0.15) is 51.8 Å². The highest BCUT2D eigenvalue weighted by molar-refractivity contribution is 7.90. The maximum Gasteiger partial charge on any atom is 0.256 e. The third kappa shape index (κ3) is 6.43. The van der Waals surface area contributed by atoms with Crippen molar-refractivity contribution in [1.29, 1.82) is 0 Å². The Kier molecular flexibility index (Phi) is 8.85. The largest absolute Gasteiger partial charge is 0.358 e. The molecular formula is C31H32Cl2N4O5S. The molecule has 43 heavy (non-hydrogen) atoms. The second-order valence-electron chi connectivity index (χ2n) is 10.9. The van der Waals surface area contributed by atoms with E-state index < -0.39 is 21.5 Å². The number of aryl methyl sites for hydroxylation is 1. The van der Waals surface area contributed by atoms with Gasteiger partial charge in [0.2, 0.25) is 5.91 Å². The molecule has 226 valence electrons. The molecule has 1 saturated heterocycles. The van der Waals surface area contributed by atoms with Crippen molar-refractivity contribution >= 4 is 68.0 Å². The standard InChI is InChI=1S/C31H32Cl2N4O5S/c1-18-30(19(2)38)21(8-10-29(39)37-13-11-36(3)12-14-37)28(34-18)16-23-22-15-20(7-9-27(22)35-31(23)40)43(41,42)17-24-25(32)5-4-6-26(24)33/h4-7,9,15-16,34H,8,10-14,17H2,1-3H3,(H,35,40). The van der Waals surface area contributed by atoms with Crippen molar-refractivity contribution in [3.8, 4) is 0 Å². The van der Waals surface area contributed by atoms with E-state index >= 15 is 0 Å². The average Bonchev–Trinajstić information content (AvgIpc) is 3.44. The summed E-state index contributed by atoms with van der Waals surface area (Å²) in [6.07, 6.45) is 2.15. The molecule has 2 aliphatic rings. The van der Waals surface area contributed by atoms with E-state index in [-0.39, 0.29) is 38.6 Å². The molecule has 12 heteroatoms. The lowest BCUT2D eigenvalue weighted by atomic mass is 9.98. The monoisotopic (exact) mass is 642 g/mol. The fraction of sp³-hybridized carbons (Fsp3) is 0.323. The lowest BCUT2D eigenvalue weighted by Crippen LogP contribution is -2.47. The zero-order valence-electron chi connectivity index (χ0n) is 24.1. The van der Waals surface area contributed by atoms with Crippen LogP contribution in [0.15, 0.2) is 41.3 Å². The van der Waals surface area contributed by atoms with Gasteiger partial charge in [-0.05, 0) is 69.3 Å². The van der Waals surface area contributed by atoms with Crippen LogP contribution >= 0.6 is 23.2 Å². The number of nitrogens with one attached hydrogen (secondary N) is 2. The number of sulfone groups is 1. The molecular weight excluding hydrogens is 611 g/mol. The van der Waals surface area contributed by atoms with Crippen LogP contribution in [0.3, 0.4) is 0 Å². The van der Waals surface area contributed by atoms with E-state index in [1.165, 1.54) is 19.1 Å². The number of hydrogen-bond donors (Lipinski definition) is 2. The van der Waals surface area contributed by atoms with Crippen molar-refractivity contribution in [3.63, 3.8) is 0 Å². The number of nitrogens with zero attached hydrogens (tertiary/aromatic N) is 2. The number of fused-ring (bicyclic) bond motifs is 1. The average molecular weight is 644 g/mol. The molecule has 0 radical (unpaired) electrons. The van der Waals surface area contributed by atoms with Crippen LogP contribution in [0.2, 0.25) is 10.0 Å². The number of hydrogen-bond acceptors (Lipinski definition) is 6. The van der Waals surface area contributed by atoms with Gasteiger partial charge < -0.3 is 20.1 Å². The molecule has 2 N–H and O–H groups in total. The second kappa shape index (κ2) is 12.3. The van der Waals surface area contributed by atoms with Gasteiger partial charge in [0.05, 0.1) is 16.2 Å². The number of amides is 2. The minimum Gasteiger partial charge on any atom is -0.358 e. The zero-order chi connectivity index (χ0) is 31.1. The Labute approximate surface area is 260 Å². The van der Waals surface area contributed by atoms with Gasteiger partial charge in [-0.2, -0.15) is 0 Å². The first-order valence-corrected chi connectivity index (χ1v) is 16.3. The highest BCUT2D eigenvalue weighted by atomic mass is 35.5. The highest BCUT2D eigenvalue weighted by Gasteiger charge is 2.29. The number of likely N-dealkylation sites (N-methyl/N-ethyl adjacent to an activating group) is 1. The number of aromatic amines is 1. The number of piperazine rings is 1. The Bertz CT molecular complexity index is 1750. The fourth-order valence-electron chi connectivity index (χ4n) is 5.60. The predicted octanol–water partition coefficient (Wildman–Crippen LogP) is 5.01. The van der Waals surface area contributed by atoms with Crippen LogP contribution in [0.25, 0.3) is 11.6 Å². The van der Waals surface area contributed by atoms with Gasteiger partial charge in [0, 0.05) is 76.4 Å². The first-order valence-electron chi connectivity index (χ1n) is 13.9. The number of carbonyl (C=O) groups is 3. The molecule has 3 aromatic rings. The maximum absolute atomic E-state index is 13.4. The molecule has 5 rings (SSSR count). The van der Waals surface area contributed by atoms with E-state index in [1.54, 1.807) is 37.3 Å². The second-order valence-corrected chi connectivity index (χ2v) is 13.7. The number of benzene rings is 2. The van der Waals surface area contributed by atoms with Gasteiger partial charge in [-0.25, -0.2) is 8.42 Å². The maximum atomic E-state index is 13.4. The van der Waals surface area contributed by atoms with Gasteiger partial charge in [0.15, 0.2) is 15.6 Å². The Balaban J connectivity index is 1.48. The lowest BCUT2D eigenvalue weighted by molar-refractivity contribution is -0.132. The van der Waals surface area contributed by atoms with E-state index in [0.717, 1.165) is 13.1 Å². The Morgan fingerprint density at radius 1 is 1.02 bits per heavy atom. The lowest BCUT2D eigenvalue weighted by Gasteiger charge is -2.32. The van der Waals surface area contributed by atoms with Gasteiger partial charge in [-0.1, -0.05) is 29.3 Å². The number of Topliss-reactive ketones (excluding diaryl/α,β-unsaturated/α-hetero) is 1. The first kappa shape index (κ1) is 31.0. The van der Waals surface area contributed by atoms with E-state index in [0.29, 0.717) is 58.8 Å². The summed E-state index contributed by atoms with van der Waals surface area (Å²) in [5, 5.41) is 3.28. The summed E-state index contributed by atoms with van der Waals surface area (Å²) in [6, 6.07) is 9.23. The minimum absolute atomic E-state index is 0.00900. The van der Waals surface area contributed by atoms with Crippen LogP contribution < -0.4 is 5.32 Å². The SMILES string of the molecule is CC(=O)c1c(C)[nH]c(C=C2C(=O)Nc3ccc(S(=O)(=O)Cc4c(Cl)cccc4Cl)cc32)c1CCC(=O)N1CCN(C)CC1. The molecule has 1 aromatic heterocycles. The molecule has 3 heterocycles. The Morgan fingerprint density at radius 3 is 2.35 bits per heavy atom. The van der Waals surface area contributed by atoms with Crippen molar-refractivity contribution in [2.75, 3.05) is 38.5 Å². The molecule has 1 fully saturated rings. The minimum atomic E-state index is -3.88. The number of aromatic nitrogens is 1. The third-order valence-corrected chi connectivity index (χ3v) is 10.3. The topological polar surface area (TPSA) is 120 Å². The number of carbonyl (C=O) groups excluding carboxylic acids is 3. The number of anilines is 1. The van der Waals surface area contributed by atoms with E-state index in [1.807, 2.05) is 11.9 Å². The fourth-order valence-corrected chi connectivity index (χ4v) is 7.72. The van der Waals surface area contributed by atoms with E-state index in [2.05, 4.69) is 15.2 Å². The van der Waals surface area contributed by atoms with Gasteiger partial charge >= 0.3 is 0 Å². The van der Waals surface area contributed by atoms with Crippen LogP contribution in [-0.2, 0) is 31.6 Å². The Morgan fingerprint density at radius 2 is 1.70 bits per heavy atom. The normalized spacial score (nSPS) is 16.4. The summed E-state index contributed by atoms with van der Waals surface area (Å²) >= 11 is 12.5. The predicted molar refractivity (Wildman–Crippen MR) is 168 cm³/mol. The van der Waals surface area contributed by atoms with Gasteiger partial charge in [-0.15, -0.1) is 0 Å². The van der Waals surface area contributed by atoms with Crippen molar-refractivity contribution in [2.24, 2.45) is 0 Å². The molecule has 0 atom stereocenters. The summed E-state index contributed by atoms with van der Waals surface area (Å²) in [7, 11) is -1.86. The number of H-pyrrole nitrogens is 1. The van der Waals surface area contributed by atoms with E-state index in [4.69, 9.17) is 23.2 Å². The number of ketones is 1. The summed E-state index contributed by atoms with van der Waals surface area (Å²) in [4.78, 5) is 46.0. The molecule has 0 unspecified atom stereocenters. The third-order valence-electron chi connectivity index (χ3n) is 7.94. The van der Waals surface area contributed by atoms with Crippen LogP contribution in [0.5, 0.6) is 0 Å². The molecule has 0 spiro atoms. The summed E-state index contributed by atoms with van der Waals surface area (Å²) in [6.45, 7) is 6.17. The Hall–Kier alpha value is -3.44. The van der Waals surface area contributed by atoms with Gasteiger partial charge in [-0.3, -0.25) is 14.4 Å². The smallest absolute Gasteiger partial charge is 0.256 e. The van der Waals surface area contributed by atoms with Gasteiger partial charge in [0.25, 0.3) is 5.91 Å². The molecule has 9 nitrogen and oxygen atoms in total. The van der Waals surface area contributed by atoms with Crippen LogP contribution in [0.4, 0.5) is 5.69 Å². The summed E-state index contributed by atoms with van der Waals surface area (Å²) in [5.74, 6) is -0.954. The molecule has 2 aliphatic heterocycles. The van der Waals surface area contributed by atoms with Crippen molar-refractivity contribution in [2.45, 2.75) is 37.3 Å². The number of halogens is 2. The van der Waals surface area contributed by atoms with Crippen molar-refractivity contribution < 1.29 is 22.8 Å². The first-order chi connectivity index (χ1) is 20.4.